The Labute approximate surface area is 137 Å². The van der Waals surface area contributed by atoms with Crippen molar-refractivity contribution in [2.24, 2.45) is 5.92 Å². The normalized spacial score (nSPS) is 12.3. The molecule has 0 spiro atoms. The van der Waals surface area contributed by atoms with Gasteiger partial charge in [0.05, 0.1) is 6.33 Å². The van der Waals surface area contributed by atoms with Crippen molar-refractivity contribution in [1.82, 2.24) is 14.9 Å². The van der Waals surface area contributed by atoms with Gasteiger partial charge in [0.1, 0.15) is 6.10 Å². The molecule has 2 rings (SSSR count). The van der Waals surface area contributed by atoms with Gasteiger partial charge in [-0.3, -0.25) is 4.79 Å². The molecule has 0 bridgehead atoms. The third-order valence-electron chi connectivity index (χ3n) is 3.46. The van der Waals surface area contributed by atoms with Gasteiger partial charge in [-0.2, -0.15) is 0 Å². The van der Waals surface area contributed by atoms with Crippen molar-refractivity contribution >= 4 is 5.91 Å². The van der Waals surface area contributed by atoms with Gasteiger partial charge in [0, 0.05) is 32.1 Å². The van der Waals surface area contributed by atoms with Crippen LogP contribution in [0.15, 0.2) is 43.0 Å². The fourth-order valence-corrected chi connectivity index (χ4v) is 2.10. The summed E-state index contributed by atoms with van der Waals surface area (Å²) < 4.78 is 7.53. The zero-order chi connectivity index (χ0) is 16.7. The molecule has 0 saturated carbocycles. The second kappa shape index (κ2) is 8.48. The van der Waals surface area contributed by atoms with E-state index in [1.165, 1.54) is 5.56 Å². The minimum absolute atomic E-state index is 0.0758. The Morgan fingerprint density at radius 2 is 1.91 bits per heavy atom. The quantitative estimate of drug-likeness (QED) is 0.814. The average Bonchev–Trinajstić information content (AvgIpc) is 3.04. The highest BCUT2D eigenvalue weighted by molar-refractivity contribution is 5.80. The Hall–Kier alpha value is -2.14. The molecule has 1 aromatic carbocycles. The molecule has 0 radical (unpaired) electrons. The highest BCUT2D eigenvalue weighted by Gasteiger charge is 2.13. The summed E-state index contributed by atoms with van der Waals surface area (Å²) in [5.74, 6) is 0.349. The molecule has 1 aromatic heterocycles. The Morgan fingerprint density at radius 3 is 2.52 bits per heavy atom. The molecule has 23 heavy (non-hydrogen) atoms. The minimum atomic E-state index is -0.419. The Morgan fingerprint density at radius 1 is 1.22 bits per heavy atom. The number of carbonyl (C=O) groups is 1. The largest absolute Gasteiger partial charge is 0.368 e. The minimum Gasteiger partial charge on any atom is -0.368 e. The van der Waals surface area contributed by atoms with E-state index in [0.717, 1.165) is 12.1 Å². The lowest BCUT2D eigenvalue weighted by molar-refractivity contribution is -0.132. The molecule has 0 saturated heterocycles. The summed E-state index contributed by atoms with van der Waals surface area (Å²) in [6.07, 6.45) is 5.09. The van der Waals surface area contributed by atoms with E-state index in [9.17, 15) is 4.79 Å². The van der Waals surface area contributed by atoms with Crippen molar-refractivity contribution < 1.29 is 9.53 Å². The van der Waals surface area contributed by atoms with E-state index >= 15 is 0 Å². The summed E-state index contributed by atoms with van der Waals surface area (Å²) in [7, 11) is 0. The number of hydrogen-bond acceptors (Lipinski definition) is 3. The molecule has 1 atom stereocenters. The molecule has 0 unspecified atom stereocenters. The average molecular weight is 315 g/mol. The number of amides is 1. The van der Waals surface area contributed by atoms with Crippen molar-refractivity contribution in [2.45, 2.75) is 40.0 Å². The van der Waals surface area contributed by atoms with Crippen LogP contribution in [0.3, 0.4) is 0 Å². The maximum Gasteiger partial charge on any atom is 0.249 e. The van der Waals surface area contributed by atoms with Gasteiger partial charge >= 0.3 is 0 Å². The highest BCUT2D eigenvalue weighted by atomic mass is 16.5. The lowest BCUT2D eigenvalue weighted by Crippen LogP contribution is -2.34. The second-order valence-electron chi connectivity index (χ2n) is 6.14. The van der Waals surface area contributed by atoms with Gasteiger partial charge in [-0.05, 0) is 24.0 Å². The Balaban J connectivity index is 1.78. The Kier molecular flexibility index (Phi) is 6.35. The SMILES string of the molecule is CC(C)CO[C@H](C)C(=O)NCc1ccc(Cn2ccnc2)cc1. The van der Waals surface area contributed by atoms with Crippen LogP contribution in [-0.2, 0) is 22.6 Å². The number of aromatic nitrogens is 2. The molecule has 1 N–H and O–H groups in total. The molecule has 124 valence electrons. The molecular formula is C18H25N3O2. The molecular weight excluding hydrogens is 290 g/mol. The van der Waals surface area contributed by atoms with Crippen molar-refractivity contribution in [2.75, 3.05) is 6.61 Å². The second-order valence-corrected chi connectivity index (χ2v) is 6.14. The molecule has 0 fully saturated rings. The van der Waals surface area contributed by atoms with Crippen molar-refractivity contribution in [1.29, 1.82) is 0 Å². The van der Waals surface area contributed by atoms with E-state index in [-0.39, 0.29) is 5.91 Å². The first kappa shape index (κ1) is 17.2. The first-order chi connectivity index (χ1) is 11.0. The summed E-state index contributed by atoms with van der Waals surface area (Å²) in [5.41, 5.74) is 2.27. The standard InChI is InChI=1S/C18H25N3O2/c1-14(2)12-23-15(3)18(22)20-10-16-4-6-17(7-5-16)11-21-9-8-19-13-21/h4-9,13-15H,10-12H2,1-3H3,(H,20,22)/t15-/m1/s1. The Bertz CT molecular complexity index is 591. The number of rotatable bonds is 8. The number of hydrogen-bond donors (Lipinski definition) is 1. The monoisotopic (exact) mass is 315 g/mol. The fraction of sp³-hybridized carbons (Fsp3) is 0.444. The van der Waals surface area contributed by atoms with Gasteiger partial charge in [-0.1, -0.05) is 38.1 Å². The van der Waals surface area contributed by atoms with Crippen molar-refractivity contribution in [3.8, 4) is 0 Å². The highest BCUT2D eigenvalue weighted by Crippen LogP contribution is 2.07. The van der Waals surface area contributed by atoms with E-state index in [4.69, 9.17) is 4.74 Å². The van der Waals surface area contributed by atoms with Crippen LogP contribution < -0.4 is 5.32 Å². The summed E-state index contributed by atoms with van der Waals surface area (Å²) in [5, 5.41) is 2.91. The van der Waals surface area contributed by atoms with E-state index < -0.39 is 6.10 Å². The van der Waals surface area contributed by atoms with Gasteiger partial charge < -0.3 is 14.6 Å². The zero-order valence-corrected chi connectivity index (χ0v) is 14.0. The van der Waals surface area contributed by atoms with E-state index in [0.29, 0.717) is 19.1 Å². The number of benzene rings is 1. The number of ether oxygens (including phenoxy) is 1. The number of nitrogens with one attached hydrogen (secondary N) is 1. The zero-order valence-electron chi connectivity index (χ0n) is 14.0. The fourth-order valence-electron chi connectivity index (χ4n) is 2.10. The van der Waals surface area contributed by atoms with E-state index in [1.54, 1.807) is 19.4 Å². The molecule has 1 heterocycles. The number of imidazole rings is 1. The van der Waals surface area contributed by atoms with Gasteiger partial charge in [0.2, 0.25) is 5.91 Å². The van der Waals surface area contributed by atoms with Crippen LogP contribution in [0.5, 0.6) is 0 Å². The summed E-state index contributed by atoms with van der Waals surface area (Å²) in [4.78, 5) is 16.0. The molecule has 5 nitrogen and oxygen atoms in total. The molecule has 0 aliphatic rings. The molecule has 0 aliphatic carbocycles. The molecule has 2 aromatic rings. The number of nitrogens with zero attached hydrogens (tertiary/aromatic N) is 2. The maximum atomic E-state index is 12.0. The predicted molar refractivity (Wildman–Crippen MR) is 89.9 cm³/mol. The third-order valence-corrected chi connectivity index (χ3v) is 3.46. The smallest absolute Gasteiger partial charge is 0.249 e. The first-order valence-electron chi connectivity index (χ1n) is 7.97. The predicted octanol–water partition coefficient (Wildman–Crippen LogP) is 2.61. The number of carbonyl (C=O) groups excluding carboxylic acids is 1. The maximum absolute atomic E-state index is 12.0. The van der Waals surface area contributed by atoms with E-state index in [2.05, 4.69) is 36.3 Å². The van der Waals surface area contributed by atoms with Crippen molar-refractivity contribution in [3.63, 3.8) is 0 Å². The van der Waals surface area contributed by atoms with Crippen LogP contribution in [-0.4, -0.2) is 28.2 Å². The first-order valence-corrected chi connectivity index (χ1v) is 7.97. The van der Waals surface area contributed by atoms with Gasteiger partial charge in [0.15, 0.2) is 0 Å². The van der Waals surface area contributed by atoms with Crippen LogP contribution in [0.25, 0.3) is 0 Å². The molecule has 1 amide bonds. The molecule has 0 aliphatic heterocycles. The van der Waals surface area contributed by atoms with Crippen molar-refractivity contribution in [3.05, 3.63) is 54.1 Å². The van der Waals surface area contributed by atoms with Crippen LogP contribution in [0.4, 0.5) is 0 Å². The molecule has 5 heteroatoms. The van der Waals surface area contributed by atoms with Crippen LogP contribution in [0.2, 0.25) is 0 Å². The van der Waals surface area contributed by atoms with Gasteiger partial charge in [-0.25, -0.2) is 4.98 Å². The van der Waals surface area contributed by atoms with E-state index in [1.807, 2.05) is 22.9 Å². The van der Waals surface area contributed by atoms with Crippen LogP contribution in [0.1, 0.15) is 31.9 Å². The van der Waals surface area contributed by atoms with Gasteiger partial charge in [-0.15, -0.1) is 0 Å². The third kappa shape index (κ3) is 5.87. The van der Waals surface area contributed by atoms with Crippen LogP contribution >= 0.6 is 0 Å². The summed E-state index contributed by atoms with van der Waals surface area (Å²) in [6, 6.07) is 8.21. The van der Waals surface area contributed by atoms with Crippen LogP contribution in [0, 0.1) is 5.92 Å². The summed E-state index contributed by atoms with van der Waals surface area (Å²) >= 11 is 0. The lowest BCUT2D eigenvalue weighted by atomic mass is 10.1. The van der Waals surface area contributed by atoms with Gasteiger partial charge in [0.25, 0.3) is 0 Å². The lowest BCUT2D eigenvalue weighted by Gasteiger charge is -2.15. The summed E-state index contributed by atoms with van der Waals surface area (Å²) in [6.45, 7) is 7.82. The topological polar surface area (TPSA) is 56.1 Å².